The van der Waals surface area contributed by atoms with Crippen LogP contribution in [-0.4, -0.2) is 30.6 Å². The highest BCUT2D eigenvalue weighted by Gasteiger charge is 2.29. The molecule has 0 unspecified atom stereocenters. The van der Waals surface area contributed by atoms with Crippen molar-refractivity contribution in [2.75, 3.05) is 11.9 Å². The molecule has 0 saturated carbocycles. The number of carbonyl (C=O) groups is 3. The van der Waals surface area contributed by atoms with Gasteiger partial charge in [0.25, 0.3) is 0 Å². The van der Waals surface area contributed by atoms with Gasteiger partial charge in [-0.15, -0.1) is 0 Å². The number of nitrogens with one attached hydrogen (secondary N) is 1. The Hall–Kier alpha value is -3.93. The van der Waals surface area contributed by atoms with Crippen molar-refractivity contribution in [1.29, 1.82) is 0 Å². The summed E-state index contributed by atoms with van der Waals surface area (Å²) >= 11 is 0. The van der Waals surface area contributed by atoms with E-state index in [2.05, 4.69) is 17.4 Å². The molecule has 168 valence electrons. The van der Waals surface area contributed by atoms with Crippen molar-refractivity contribution in [3.63, 3.8) is 0 Å². The third kappa shape index (κ3) is 4.95. The highest BCUT2D eigenvalue weighted by molar-refractivity contribution is 5.95. The van der Waals surface area contributed by atoms with Gasteiger partial charge in [0.15, 0.2) is 0 Å². The quantitative estimate of drug-likeness (QED) is 0.397. The van der Waals surface area contributed by atoms with Gasteiger partial charge in [-0.3, -0.25) is 10.1 Å². The molecule has 1 aliphatic carbocycles. The molecule has 1 aliphatic rings. The lowest BCUT2D eigenvalue weighted by Gasteiger charge is -2.20. The van der Waals surface area contributed by atoms with Gasteiger partial charge >= 0.3 is 12.1 Å². The summed E-state index contributed by atoms with van der Waals surface area (Å²) in [6.07, 6.45) is -0.0633. The van der Waals surface area contributed by atoms with Crippen molar-refractivity contribution in [1.82, 2.24) is 0 Å². The number of ether oxygens (including phenoxy) is 2. The van der Waals surface area contributed by atoms with Crippen LogP contribution >= 0.6 is 0 Å². The second-order valence-corrected chi connectivity index (χ2v) is 8.91. The number of aldehydes is 1. The smallest absolute Gasteiger partial charge is 0.411 e. The largest absolute Gasteiger partial charge is 0.456 e. The second kappa shape index (κ2) is 8.90. The van der Waals surface area contributed by atoms with Crippen molar-refractivity contribution in [3.8, 4) is 11.1 Å². The third-order valence-electron chi connectivity index (χ3n) is 5.32. The summed E-state index contributed by atoms with van der Waals surface area (Å²) in [5.74, 6) is -0.649. The van der Waals surface area contributed by atoms with E-state index < -0.39 is 17.7 Å². The molecule has 1 amide bonds. The van der Waals surface area contributed by atoms with Crippen LogP contribution in [0.15, 0.2) is 66.7 Å². The number of hydrogen-bond acceptors (Lipinski definition) is 5. The predicted octanol–water partition coefficient (Wildman–Crippen LogP) is 5.82. The number of rotatable bonds is 5. The highest BCUT2D eigenvalue weighted by Crippen LogP contribution is 2.44. The number of anilines is 1. The molecule has 0 bridgehead atoms. The molecule has 0 fully saturated rings. The van der Waals surface area contributed by atoms with E-state index in [0.717, 1.165) is 22.3 Å². The molecular weight excluding hydrogens is 418 g/mol. The first-order valence-corrected chi connectivity index (χ1v) is 10.7. The first-order valence-electron chi connectivity index (χ1n) is 10.7. The lowest BCUT2D eigenvalue weighted by molar-refractivity contribution is 0.00694. The Bertz CT molecular complexity index is 1180. The highest BCUT2D eigenvalue weighted by atomic mass is 16.6. The van der Waals surface area contributed by atoms with Gasteiger partial charge in [0.1, 0.15) is 18.5 Å². The zero-order chi connectivity index (χ0) is 23.6. The van der Waals surface area contributed by atoms with E-state index in [1.54, 1.807) is 20.8 Å². The third-order valence-corrected chi connectivity index (χ3v) is 5.32. The molecule has 0 radical (unpaired) electrons. The maximum absolute atomic E-state index is 12.6. The Morgan fingerprint density at radius 1 is 0.939 bits per heavy atom. The maximum Gasteiger partial charge on any atom is 0.411 e. The SMILES string of the molecule is CC(C)(C)OC(=O)c1cc(C=O)cc(NC(=O)OCC2c3ccccc3-c3ccccc32)c1. The van der Waals surface area contributed by atoms with Gasteiger partial charge in [-0.1, -0.05) is 48.5 Å². The van der Waals surface area contributed by atoms with Crippen molar-refractivity contribution < 1.29 is 23.9 Å². The first-order chi connectivity index (χ1) is 15.7. The summed E-state index contributed by atoms with van der Waals surface area (Å²) in [5, 5.41) is 2.62. The van der Waals surface area contributed by atoms with Gasteiger partial charge in [-0.2, -0.15) is 0 Å². The molecule has 3 aromatic rings. The topological polar surface area (TPSA) is 81.7 Å². The van der Waals surface area contributed by atoms with Crippen LogP contribution in [0.1, 0.15) is 58.5 Å². The van der Waals surface area contributed by atoms with Crippen molar-refractivity contribution >= 4 is 24.0 Å². The predicted molar refractivity (Wildman–Crippen MR) is 126 cm³/mol. The Morgan fingerprint density at radius 3 is 2.12 bits per heavy atom. The summed E-state index contributed by atoms with van der Waals surface area (Å²) < 4.78 is 10.9. The van der Waals surface area contributed by atoms with E-state index in [0.29, 0.717) is 6.29 Å². The molecule has 0 saturated heterocycles. The standard InChI is InChI=1S/C27H25NO5/c1-27(2,3)33-25(30)18-12-17(15-29)13-19(14-18)28-26(31)32-16-24-22-10-6-4-8-20(22)21-9-5-7-11-23(21)24/h4-15,24H,16H2,1-3H3,(H,28,31). The van der Waals surface area contributed by atoms with Crippen LogP contribution in [0.5, 0.6) is 0 Å². The molecule has 0 spiro atoms. The molecule has 0 aromatic heterocycles. The molecule has 0 atom stereocenters. The van der Waals surface area contributed by atoms with Gasteiger partial charge in [0.2, 0.25) is 0 Å². The molecular formula is C27H25NO5. The van der Waals surface area contributed by atoms with E-state index in [1.807, 2.05) is 36.4 Å². The average Bonchev–Trinajstić information content (AvgIpc) is 3.10. The van der Waals surface area contributed by atoms with E-state index >= 15 is 0 Å². The molecule has 33 heavy (non-hydrogen) atoms. The Morgan fingerprint density at radius 2 is 1.55 bits per heavy atom. The number of hydrogen-bond donors (Lipinski definition) is 1. The molecule has 4 rings (SSSR count). The Labute approximate surface area is 192 Å². The van der Waals surface area contributed by atoms with Crippen molar-refractivity contribution in [2.24, 2.45) is 0 Å². The minimum atomic E-state index is -0.686. The average molecular weight is 443 g/mol. The van der Waals surface area contributed by atoms with Crippen LogP contribution in [-0.2, 0) is 9.47 Å². The van der Waals surface area contributed by atoms with Gasteiger partial charge in [-0.25, -0.2) is 9.59 Å². The van der Waals surface area contributed by atoms with Gasteiger partial charge in [0, 0.05) is 17.2 Å². The van der Waals surface area contributed by atoms with Gasteiger partial charge in [-0.05, 0) is 61.2 Å². The van der Waals surface area contributed by atoms with E-state index in [9.17, 15) is 14.4 Å². The fourth-order valence-electron chi connectivity index (χ4n) is 4.00. The normalized spacial score (nSPS) is 12.5. The number of amides is 1. The molecule has 1 N–H and O–H groups in total. The van der Waals surface area contributed by atoms with Crippen molar-refractivity contribution in [3.05, 3.63) is 89.0 Å². The maximum atomic E-state index is 12.6. The molecule has 0 heterocycles. The lowest BCUT2D eigenvalue weighted by atomic mass is 9.98. The number of benzene rings is 3. The monoisotopic (exact) mass is 443 g/mol. The summed E-state index contributed by atoms with van der Waals surface area (Å²) in [7, 11) is 0. The van der Waals surface area contributed by atoms with Crippen LogP contribution in [0.4, 0.5) is 10.5 Å². The van der Waals surface area contributed by atoms with Crippen LogP contribution in [0.2, 0.25) is 0 Å². The zero-order valence-electron chi connectivity index (χ0n) is 18.8. The van der Waals surface area contributed by atoms with E-state index in [-0.39, 0.29) is 29.3 Å². The first kappa shape index (κ1) is 22.3. The molecule has 0 aliphatic heterocycles. The summed E-state index contributed by atoms with van der Waals surface area (Å²) in [6, 6.07) is 20.5. The molecule has 6 nitrogen and oxygen atoms in total. The Kier molecular flexibility index (Phi) is 6.01. The molecule has 6 heteroatoms. The Balaban J connectivity index is 1.48. The van der Waals surface area contributed by atoms with Crippen LogP contribution in [0.25, 0.3) is 11.1 Å². The fraction of sp³-hybridized carbons (Fsp3) is 0.222. The number of esters is 1. The summed E-state index contributed by atoms with van der Waals surface area (Å²) in [4.78, 5) is 36.3. The number of carbonyl (C=O) groups excluding carboxylic acids is 3. The summed E-state index contributed by atoms with van der Waals surface area (Å²) in [6.45, 7) is 5.42. The lowest BCUT2D eigenvalue weighted by Crippen LogP contribution is -2.24. The van der Waals surface area contributed by atoms with E-state index in [4.69, 9.17) is 9.47 Å². The number of fused-ring (bicyclic) bond motifs is 3. The van der Waals surface area contributed by atoms with Crippen LogP contribution < -0.4 is 5.32 Å². The fourth-order valence-corrected chi connectivity index (χ4v) is 4.00. The second-order valence-electron chi connectivity index (χ2n) is 8.91. The van der Waals surface area contributed by atoms with Crippen LogP contribution in [0.3, 0.4) is 0 Å². The van der Waals surface area contributed by atoms with Crippen molar-refractivity contribution in [2.45, 2.75) is 32.3 Å². The zero-order valence-corrected chi connectivity index (χ0v) is 18.8. The van der Waals surface area contributed by atoms with E-state index in [1.165, 1.54) is 18.2 Å². The van der Waals surface area contributed by atoms with Crippen LogP contribution in [0, 0.1) is 0 Å². The summed E-state index contributed by atoms with van der Waals surface area (Å²) in [5.41, 5.74) is 4.51. The molecule has 3 aromatic carbocycles. The minimum Gasteiger partial charge on any atom is -0.456 e. The van der Waals surface area contributed by atoms with Gasteiger partial charge < -0.3 is 9.47 Å². The minimum absolute atomic E-state index is 0.0678. The van der Waals surface area contributed by atoms with Gasteiger partial charge in [0.05, 0.1) is 5.56 Å².